The molecule has 0 atom stereocenters. The first-order valence-electron chi connectivity index (χ1n) is 8.12. The first-order valence-corrected chi connectivity index (χ1v) is 8.12. The van der Waals surface area contributed by atoms with Gasteiger partial charge in [-0.15, -0.1) is 0 Å². The second kappa shape index (κ2) is 9.25. The number of hydrogen-bond donors (Lipinski definition) is 1. The molecule has 0 saturated carbocycles. The molecule has 1 fully saturated rings. The number of rotatable bonds is 6. The zero-order valence-corrected chi connectivity index (χ0v) is 13.7. The fourth-order valence-corrected chi connectivity index (χ4v) is 2.47. The molecule has 0 aliphatic carbocycles. The minimum absolute atomic E-state index is 0.680. The Hall–Kier alpha value is -1.82. The quantitative estimate of drug-likeness (QED) is 0.486. The fraction of sp³-hybridized carbons (Fsp3) is 0.625. The zero-order chi connectivity index (χ0) is 15.6. The number of nitrogens with one attached hydrogen (secondary N) is 1. The van der Waals surface area contributed by atoms with Crippen molar-refractivity contribution in [3.8, 4) is 0 Å². The molecule has 1 aromatic rings. The predicted molar refractivity (Wildman–Crippen MR) is 90.5 cm³/mol. The smallest absolute Gasteiger partial charge is 0.194 e. The number of ether oxygens (including phenoxy) is 1. The van der Waals surface area contributed by atoms with Crippen LogP contribution in [0.5, 0.6) is 0 Å². The van der Waals surface area contributed by atoms with E-state index in [1.54, 1.807) is 0 Å². The molecular weight excluding hydrogens is 278 g/mol. The molecule has 2 heterocycles. The number of piperazine rings is 1. The summed E-state index contributed by atoms with van der Waals surface area (Å²) in [6.45, 7) is 11.0. The summed E-state index contributed by atoms with van der Waals surface area (Å²) in [6.07, 6.45) is 1.85. The SMILES string of the molecule is CCNC(=NCCOCC)N1CCN(c2ccccn2)CC1. The van der Waals surface area contributed by atoms with Gasteiger partial charge in [0.2, 0.25) is 0 Å². The summed E-state index contributed by atoms with van der Waals surface area (Å²) in [7, 11) is 0. The van der Waals surface area contributed by atoms with Gasteiger partial charge in [0, 0.05) is 45.5 Å². The Balaban J connectivity index is 1.87. The van der Waals surface area contributed by atoms with Crippen molar-refractivity contribution in [2.75, 3.05) is 57.4 Å². The Morgan fingerprint density at radius 1 is 1.27 bits per heavy atom. The van der Waals surface area contributed by atoms with Crippen LogP contribution in [0.2, 0.25) is 0 Å². The van der Waals surface area contributed by atoms with Crippen molar-refractivity contribution in [1.82, 2.24) is 15.2 Å². The van der Waals surface area contributed by atoms with Crippen LogP contribution >= 0.6 is 0 Å². The maximum atomic E-state index is 5.35. The van der Waals surface area contributed by atoms with E-state index in [2.05, 4.69) is 38.1 Å². The van der Waals surface area contributed by atoms with E-state index in [0.717, 1.165) is 51.1 Å². The van der Waals surface area contributed by atoms with Gasteiger partial charge in [-0.05, 0) is 26.0 Å². The molecule has 6 nitrogen and oxygen atoms in total. The Labute approximate surface area is 133 Å². The maximum absolute atomic E-state index is 5.35. The molecular formula is C16H27N5O. The van der Waals surface area contributed by atoms with Crippen molar-refractivity contribution in [1.29, 1.82) is 0 Å². The number of anilines is 1. The van der Waals surface area contributed by atoms with Crippen molar-refractivity contribution in [2.24, 2.45) is 4.99 Å². The van der Waals surface area contributed by atoms with Gasteiger partial charge in [-0.2, -0.15) is 0 Å². The van der Waals surface area contributed by atoms with Gasteiger partial charge in [-0.25, -0.2) is 4.98 Å². The molecule has 1 aliphatic heterocycles. The summed E-state index contributed by atoms with van der Waals surface area (Å²) >= 11 is 0. The summed E-state index contributed by atoms with van der Waals surface area (Å²) in [5, 5.41) is 3.37. The first-order chi connectivity index (χ1) is 10.8. The van der Waals surface area contributed by atoms with Crippen LogP contribution in [0.1, 0.15) is 13.8 Å². The van der Waals surface area contributed by atoms with Crippen molar-refractivity contribution < 1.29 is 4.74 Å². The maximum Gasteiger partial charge on any atom is 0.194 e. The highest BCUT2D eigenvalue weighted by Gasteiger charge is 2.20. The number of hydrogen-bond acceptors (Lipinski definition) is 4. The molecule has 2 rings (SSSR count). The van der Waals surface area contributed by atoms with Crippen LogP contribution in [0.25, 0.3) is 0 Å². The van der Waals surface area contributed by atoms with E-state index in [9.17, 15) is 0 Å². The molecule has 1 saturated heterocycles. The van der Waals surface area contributed by atoms with E-state index in [1.165, 1.54) is 0 Å². The average Bonchev–Trinajstić information content (AvgIpc) is 2.59. The summed E-state index contributed by atoms with van der Waals surface area (Å²) in [5.74, 6) is 2.04. The first kappa shape index (κ1) is 16.5. The van der Waals surface area contributed by atoms with Gasteiger partial charge in [-0.3, -0.25) is 4.99 Å². The summed E-state index contributed by atoms with van der Waals surface area (Å²) in [6, 6.07) is 6.05. The van der Waals surface area contributed by atoms with Crippen LogP contribution in [0, 0.1) is 0 Å². The third-order valence-electron chi connectivity index (χ3n) is 3.59. The lowest BCUT2D eigenvalue weighted by Crippen LogP contribution is -2.52. The molecule has 1 N–H and O–H groups in total. The third-order valence-corrected chi connectivity index (χ3v) is 3.59. The van der Waals surface area contributed by atoms with Gasteiger partial charge in [0.25, 0.3) is 0 Å². The van der Waals surface area contributed by atoms with E-state index < -0.39 is 0 Å². The Morgan fingerprint density at radius 3 is 2.73 bits per heavy atom. The molecule has 0 radical (unpaired) electrons. The average molecular weight is 305 g/mol. The van der Waals surface area contributed by atoms with Crippen molar-refractivity contribution in [3.63, 3.8) is 0 Å². The van der Waals surface area contributed by atoms with Crippen molar-refractivity contribution in [2.45, 2.75) is 13.8 Å². The molecule has 122 valence electrons. The highest BCUT2D eigenvalue weighted by Crippen LogP contribution is 2.12. The van der Waals surface area contributed by atoms with Crippen molar-refractivity contribution in [3.05, 3.63) is 24.4 Å². The molecule has 0 bridgehead atoms. The van der Waals surface area contributed by atoms with Gasteiger partial charge in [0.15, 0.2) is 5.96 Å². The monoisotopic (exact) mass is 305 g/mol. The van der Waals surface area contributed by atoms with Crippen LogP contribution in [-0.2, 0) is 4.74 Å². The van der Waals surface area contributed by atoms with Crippen LogP contribution in [0.4, 0.5) is 5.82 Å². The molecule has 1 aromatic heterocycles. The largest absolute Gasteiger partial charge is 0.380 e. The minimum atomic E-state index is 0.680. The minimum Gasteiger partial charge on any atom is -0.380 e. The molecule has 22 heavy (non-hydrogen) atoms. The summed E-state index contributed by atoms with van der Waals surface area (Å²) in [5.41, 5.74) is 0. The van der Waals surface area contributed by atoms with Gasteiger partial charge < -0.3 is 19.9 Å². The predicted octanol–water partition coefficient (Wildman–Crippen LogP) is 1.21. The molecule has 6 heteroatoms. The molecule has 0 spiro atoms. The Morgan fingerprint density at radius 2 is 2.09 bits per heavy atom. The van der Waals surface area contributed by atoms with E-state index >= 15 is 0 Å². The van der Waals surface area contributed by atoms with E-state index in [1.807, 2.05) is 25.3 Å². The number of nitrogens with zero attached hydrogens (tertiary/aromatic N) is 4. The fourth-order valence-electron chi connectivity index (χ4n) is 2.47. The second-order valence-electron chi connectivity index (χ2n) is 5.09. The topological polar surface area (TPSA) is 53.0 Å². The number of aliphatic imine (C=N–C) groups is 1. The molecule has 1 aliphatic rings. The van der Waals surface area contributed by atoms with Crippen LogP contribution in [0.3, 0.4) is 0 Å². The van der Waals surface area contributed by atoms with Gasteiger partial charge in [0.05, 0.1) is 13.2 Å². The van der Waals surface area contributed by atoms with Crippen LogP contribution in [-0.4, -0.2) is 68.3 Å². The van der Waals surface area contributed by atoms with Crippen molar-refractivity contribution >= 4 is 11.8 Å². The van der Waals surface area contributed by atoms with Gasteiger partial charge in [0.1, 0.15) is 5.82 Å². The number of pyridine rings is 1. The molecule has 0 aromatic carbocycles. The second-order valence-corrected chi connectivity index (χ2v) is 5.09. The van der Waals surface area contributed by atoms with Crippen LogP contribution < -0.4 is 10.2 Å². The van der Waals surface area contributed by atoms with E-state index in [-0.39, 0.29) is 0 Å². The van der Waals surface area contributed by atoms with Gasteiger partial charge in [-0.1, -0.05) is 6.07 Å². The highest BCUT2D eigenvalue weighted by molar-refractivity contribution is 5.80. The lowest BCUT2D eigenvalue weighted by atomic mass is 10.3. The van der Waals surface area contributed by atoms with Gasteiger partial charge >= 0.3 is 0 Å². The summed E-state index contributed by atoms with van der Waals surface area (Å²) < 4.78 is 5.35. The lowest BCUT2D eigenvalue weighted by molar-refractivity contribution is 0.155. The normalized spacial score (nSPS) is 16.0. The lowest BCUT2D eigenvalue weighted by Gasteiger charge is -2.37. The molecule has 0 amide bonds. The number of aromatic nitrogens is 1. The van der Waals surface area contributed by atoms with E-state index in [4.69, 9.17) is 4.74 Å². The summed E-state index contributed by atoms with van der Waals surface area (Å²) in [4.78, 5) is 13.7. The number of guanidine groups is 1. The highest BCUT2D eigenvalue weighted by atomic mass is 16.5. The van der Waals surface area contributed by atoms with E-state index in [0.29, 0.717) is 13.2 Å². The zero-order valence-electron chi connectivity index (χ0n) is 13.7. The molecule has 0 unspecified atom stereocenters. The Bertz CT molecular complexity index is 443. The standard InChI is InChI=1S/C16H27N5O/c1-3-17-16(19-9-14-22-4-2)21-12-10-20(11-13-21)15-7-5-6-8-18-15/h5-8H,3-4,9-14H2,1-2H3,(H,17,19). The third kappa shape index (κ3) is 4.87. The Kier molecular flexibility index (Phi) is 6.96. The van der Waals surface area contributed by atoms with Crippen LogP contribution in [0.15, 0.2) is 29.4 Å².